The lowest BCUT2D eigenvalue weighted by Gasteiger charge is -2.31. The molecule has 2 aromatic rings. The normalized spacial score (nSPS) is 20.0. The predicted molar refractivity (Wildman–Crippen MR) is 83.2 cm³/mol. The maximum atomic E-state index is 9.25. The minimum atomic E-state index is 0.321. The summed E-state index contributed by atoms with van der Waals surface area (Å²) in [4.78, 5) is 14.0. The molecule has 6 heteroatoms. The van der Waals surface area contributed by atoms with Crippen molar-refractivity contribution in [3.63, 3.8) is 0 Å². The molecule has 6 nitrogen and oxygen atoms in total. The first-order valence-corrected chi connectivity index (χ1v) is 7.72. The second-order valence-electron chi connectivity index (χ2n) is 5.73. The van der Waals surface area contributed by atoms with E-state index in [0.717, 1.165) is 55.9 Å². The molecular weight excluding hydrogens is 266 g/mol. The second kappa shape index (κ2) is 6.87. The highest BCUT2D eigenvalue weighted by Gasteiger charge is 2.18. The Kier molecular flexibility index (Phi) is 4.67. The molecular formula is C15H23N5O. The van der Waals surface area contributed by atoms with Crippen molar-refractivity contribution in [2.45, 2.75) is 19.3 Å². The van der Waals surface area contributed by atoms with Crippen LogP contribution >= 0.6 is 0 Å². The molecule has 1 atom stereocenters. The Morgan fingerprint density at radius 2 is 2.38 bits per heavy atom. The Hall–Kier alpha value is -1.66. The van der Waals surface area contributed by atoms with Gasteiger partial charge in [0.15, 0.2) is 0 Å². The Balaban J connectivity index is 1.45. The largest absolute Gasteiger partial charge is 0.396 e. The smallest absolute Gasteiger partial charge is 0.142 e. The maximum Gasteiger partial charge on any atom is 0.142 e. The van der Waals surface area contributed by atoms with E-state index in [1.54, 1.807) is 6.33 Å². The van der Waals surface area contributed by atoms with Crippen molar-refractivity contribution >= 4 is 16.9 Å². The number of hydrogen-bond donors (Lipinski definition) is 3. The Labute approximate surface area is 124 Å². The van der Waals surface area contributed by atoms with Crippen molar-refractivity contribution < 1.29 is 5.11 Å². The molecule has 3 N–H and O–H groups in total. The van der Waals surface area contributed by atoms with Gasteiger partial charge in [-0.05, 0) is 44.3 Å². The number of rotatable bonds is 6. The quantitative estimate of drug-likeness (QED) is 0.702. The van der Waals surface area contributed by atoms with E-state index in [2.05, 4.69) is 25.2 Å². The van der Waals surface area contributed by atoms with Crippen LogP contribution in [0.5, 0.6) is 0 Å². The molecule has 0 aliphatic carbocycles. The Morgan fingerprint density at radius 3 is 3.29 bits per heavy atom. The molecule has 1 aliphatic heterocycles. The SMILES string of the molecule is OCC1CCCN(CCCNc2ncnc3[nH]ccc23)C1. The van der Waals surface area contributed by atoms with Gasteiger partial charge in [-0.1, -0.05) is 0 Å². The lowest BCUT2D eigenvalue weighted by molar-refractivity contribution is 0.120. The highest BCUT2D eigenvalue weighted by atomic mass is 16.3. The van der Waals surface area contributed by atoms with Gasteiger partial charge >= 0.3 is 0 Å². The van der Waals surface area contributed by atoms with Crippen molar-refractivity contribution in [1.29, 1.82) is 0 Å². The molecule has 1 aliphatic rings. The number of nitrogens with zero attached hydrogens (tertiary/aromatic N) is 3. The van der Waals surface area contributed by atoms with E-state index in [-0.39, 0.29) is 0 Å². The fraction of sp³-hybridized carbons (Fsp3) is 0.600. The average molecular weight is 289 g/mol. The van der Waals surface area contributed by atoms with Crippen molar-refractivity contribution in [2.75, 3.05) is 38.1 Å². The third-order valence-electron chi connectivity index (χ3n) is 4.16. The number of nitrogens with one attached hydrogen (secondary N) is 2. The van der Waals surface area contributed by atoms with Crippen LogP contribution in [0.25, 0.3) is 11.0 Å². The topological polar surface area (TPSA) is 77.1 Å². The highest BCUT2D eigenvalue weighted by Crippen LogP contribution is 2.18. The zero-order valence-corrected chi connectivity index (χ0v) is 12.3. The fourth-order valence-corrected chi connectivity index (χ4v) is 3.03. The summed E-state index contributed by atoms with van der Waals surface area (Å²) in [5.74, 6) is 1.36. The van der Waals surface area contributed by atoms with E-state index in [1.165, 1.54) is 6.42 Å². The zero-order valence-electron chi connectivity index (χ0n) is 12.3. The minimum absolute atomic E-state index is 0.321. The van der Waals surface area contributed by atoms with Gasteiger partial charge in [0.2, 0.25) is 0 Å². The van der Waals surface area contributed by atoms with Gasteiger partial charge in [0.05, 0.1) is 5.39 Å². The van der Waals surface area contributed by atoms with Gasteiger partial charge in [0.25, 0.3) is 0 Å². The first-order chi connectivity index (χ1) is 10.4. The maximum absolute atomic E-state index is 9.25. The number of H-pyrrole nitrogens is 1. The van der Waals surface area contributed by atoms with E-state index in [0.29, 0.717) is 12.5 Å². The van der Waals surface area contributed by atoms with E-state index >= 15 is 0 Å². The van der Waals surface area contributed by atoms with Crippen LogP contribution in [-0.2, 0) is 0 Å². The monoisotopic (exact) mass is 289 g/mol. The molecule has 3 rings (SSSR count). The van der Waals surface area contributed by atoms with E-state index in [4.69, 9.17) is 0 Å². The van der Waals surface area contributed by atoms with Gasteiger partial charge in [0.1, 0.15) is 17.8 Å². The summed E-state index contributed by atoms with van der Waals surface area (Å²) in [6, 6.07) is 1.99. The highest BCUT2D eigenvalue weighted by molar-refractivity contribution is 5.86. The van der Waals surface area contributed by atoms with Crippen LogP contribution in [0.1, 0.15) is 19.3 Å². The summed E-state index contributed by atoms with van der Waals surface area (Å²) >= 11 is 0. The number of aliphatic hydroxyl groups is 1. The number of aliphatic hydroxyl groups excluding tert-OH is 1. The molecule has 0 amide bonds. The number of fused-ring (bicyclic) bond motifs is 1. The number of aromatic nitrogens is 3. The number of hydrogen-bond acceptors (Lipinski definition) is 5. The first kappa shape index (κ1) is 14.3. The third kappa shape index (κ3) is 3.51. The van der Waals surface area contributed by atoms with E-state index < -0.39 is 0 Å². The van der Waals surface area contributed by atoms with Gasteiger partial charge in [-0.25, -0.2) is 9.97 Å². The van der Waals surface area contributed by atoms with E-state index in [1.807, 2.05) is 12.3 Å². The summed E-state index contributed by atoms with van der Waals surface area (Å²) in [5, 5.41) is 13.7. The van der Waals surface area contributed by atoms with Crippen molar-refractivity contribution in [2.24, 2.45) is 5.92 Å². The van der Waals surface area contributed by atoms with Crippen LogP contribution < -0.4 is 5.32 Å². The van der Waals surface area contributed by atoms with Gasteiger partial charge in [-0.2, -0.15) is 0 Å². The van der Waals surface area contributed by atoms with Crippen LogP contribution in [0.2, 0.25) is 0 Å². The summed E-state index contributed by atoms with van der Waals surface area (Å²) in [6.07, 6.45) is 6.91. The number of aromatic amines is 1. The van der Waals surface area contributed by atoms with Crippen LogP contribution in [0.15, 0.2) is 18.6 Å². The number of anilines is 1. The summed E-state index contributed by atoms with van der Waals surface area (Å²) < 4.78 is 0. The Bertz CT molecular complexity index is 570. The van der Waals surface area contributed by atoms with Crippen molar-refractivity contribution in [3.8, 4) is 0 Å². The van der Waals surface area contributed by atoms with Gasteiger partial charge in [-0.15, -0.1) is 0 Å². The lowest BCUT2D eigenvalue weighted by atomic mass is 9.99. The molecule has 1 saturated heterocycles. The van der Waals surface area contributed by atoms with Crippen LogP contribution in [-0.4, -0.2) is 57.7 Å². The molecule has 0 saturated carbocycles. The van der Waals surface area contributed by atoms with Gasteiger partial charge in [-0.3, -0.25) is 0 Å². The molecule has 114 valence electrons. The molecule has 21 heavy (non-hydrogen) atoms. The average Bonchev–Trinajstić information content (AvgIpc) is 3.01. The summed E-state index contributed by atoms with van der Waals surface area (Å²) in [6.45, 7) is 4.49. The second-order valence-corrected chi connectivity index (χ2v) is 5.73. The Morgan fingerprint density at radius 1 is 1.43 bits per heavy atom. The summed E-state index contributed by atoms with van der Waals surface area (Å²) in [5.41, 5.74) is 0.870. The molecule has 1 unspecified atom stereocenters. The van der Waals surface area contributed by atoms with Crippen LogP contribution in [0.3, 0.4) is 0 Å². The van der Waals surface area contributed by atoms with Crippen LogP contribution in [0, 0.1) is 5.92 Å². The fourth-order valence-electron chi connectivity index (χ4n) is 3.03. The number of likely N-dealkylation sites (tertiary alicyclic amines) is 1. The molecule has 1 fully saturated rings. The van der Waals surface area contributed by atoms with Gasteiger partial charge < -0.3 is 20.3 Å². The lowest BCUT2D eigenvalue weighted by Crippen LogP contribution is -2.37. The molecule has 0 aromatic carbocycles. The molecule has 3 heterocycles. The summed E-state index contributed by atoms with van der Waals surface area (Å²) in [7, 11) is 0. The molecule has 0 spiro atoms. The molecule has 0 bridgehead atoms. The molecule has 2 aromatic heterocycles. The van der Waals surface area contributed by atoms with Gasteiger partial charge in [0, 0.05) is 25.9 Å². The minimum Gasteiger partial charge on any atom is -0.396 e. The predicted octanol–water partition coefficient (Wildman–Crippen LogP) is 1.46. The standard InChI is InChI=1S/C15H23N5O/c21-10-12-3-1-7-20(9-12)8-2-5-16-14-13-4-6-17-15(13)19-11-18-14/h4,6,11-12,21H,1-3,5,7-10H2,(H2,16,17,18,19). The van der Waals surface area contributed by atoms with Crippen molar-refractivity contribution in [3.05, 3.63) is 18.6 Å². The van der Waals surface area contributed by atoms with Crippen LogP contribution in [0.4, 0.5) is 5.82 Å². The van der Waals surface area contributed by atoms with Crippen molar-refractivity contribution in [1.82, 2.24) is 19.9 Å². The molecule has 0 radical (unpaired) electrons. The zero-order chi connectivity index (χ0) is 14.5. The van der Waals surface area contributed by atoms with E-state index in [9.17, 15) is 5.11 Å². The third-order valence-corrected chi connectivity index (χ3v) is 4.16. The first-order valence-electron chi connectivity index (χ1n) is 7.72. The number of piperidine rings is 1.